The van der Waals surface area contributed by atoms with Gasteiger partial charge in [-0.25, -0.2) is 0 Å². The minimum Gasteiger partial charge on any atom is -0.398 e. The van der Waals surface area contributed by atoms with Gasteiger partial charge in [-0.3, -0.25) is 4.79 Å². The minimum atomic E-state index is -0.166. The van der Waals surface area contributed by atoms with Gasteiger partial charge in [0.1, 0.15) is 0 Å². The Morgan fingerprint density at radius 2 is 2.19 bits per heavy atom. The zero-order valence-electron chi connectivity index (χ0n) is 9.59. The number of halogens is 1. The first-order chi connectivity index (χ1) is 7.50. The van der Waals surface area contributed by atoms with Crippen LogP contribution in [0.1, 0.15) is 30.6 Å². The van der Waals surface area contributed by atoms with E-state index in [2.05, 4.69) is 19.2 Å². The number of benzene rings is 1. The Morgan fingerprint density at radius 3 is 2.81 bits per heavy atom. The molecule has 0 fully saturated rings. The van der Waals surface area contributed by atoms with E-state index in [4.69, 9.17) is 17.3 Å². The third kappa shape index (κ3) is 3.74. The molecule has 1 aromatic rings. The van der Waals surface area contributed by atoms with E-state index < -0.39 is 0 Å². The van der Waals surface area contributed by atoms with Gasteiger partial charge in [-0.1, -0.05) is 25.4 Å². The van der Waals surface area contributed by atoms with Gasteiger partial charge in [0.25, 0.3) is 5.91 Å². The van der Waals surface area contributed by atoms with Gasteiger partial charge in [-0.05, 0) is 30.5 Å². The van der Waals surface area contributed by atoms with Crippen molar-refractivity contribution in [3.8, 4) is 0 Å². The molecule has 0 radical (unpaired) electrons. The maximum atomic E-state index is 11.7. The number of amides is 1. The smallest absolute Gasteiger partial charge is 0.253 e. The van der Waals surface area contributed by atoms with Crippen LogP contribution in [-0.4, -0.2) is 12.5 Å². The number of anilines is 1. The third-order valence-corrected chi connectivity index (χ3v) is 2.50. The average molecular weight is 241 g/mol. The van der Waals surface area contributed by atoms with Gasteiger partial charge in [0.05, 0.1) is 5.56 Å². The Balaban J connectivity index is 2.62. The lowest BCUT2D eigenvalue weighted by molar-refractivity contribution is 0.0953. The molecule has 1 amide bonds. The zero-order chi connectivity index (χ0) is 12.1. The van der Waals surface area contributed by atoms with E-state index in [0.717, 1.165) is 6.42 Å². The van der Waals surface area contributed by atoms with Crippen molar-refractivity contribution in [2.24, 2.45) is 5.92 Å². The Morgan fingerprint density at radius 1 is 1.50 bits per heavy atom. The Kier molecular flexibility index (Phi) is 4.62. The molecule has 3 N–H and O–H groups in total. The molecule has 0 aromatic heterocycles. The van der Waals surface area contributed by atoms with E-state index in [-0.39, 0.29) is 5.91 Å². The highest BCUT2D eigenvalue weighted by Crippen LogP contribution is 2.17. The Bertz CT molecular complexity index is 377. The van der Waals surface area contributed by atoms with Gasteiger partial charge < -0.3 is 11.1 Å². The number of carbonyl (C=O) groups excluding carboxylic acids is 1. The summed E-state index contributed by atoms with van der Waals surface area (Å²) in [6.45, 7) is 4.88. The molecule has 0 saturated heterocycles. The van der Waals surface area contributed by atoms with Crippen molar-refractivity contribution in [3.05, 3.63) is 28.8 Å². The van der Waals surface area contributed by atoms with Crippen LogP contribution in [-0.2, 0) is 0 Å². The molecule has 1 aromatic carbocycles. The van der Waals surface area contributed by atoms with Crippen LogP contribution in [0, 0.1) is 5.92 Å². The monoisotopic (exact) mass is 240 g/mol. The van der Waals surface area contributed by atoms with Crippen LogP contribution in [0.25, 0.3) is 0 Å². The molecule has 0 heterocycles. The second-order valence-corrected chi connectivity index (χ2v) is 4.61. The van der Waals surface area contributed by atoms with Gasteiger partial charge in [-0.2, -0.15) is 0 Å². The average Bonchev–Trinajstić information content (AvgIpc) is 2.21. The van der Waals surface area contributed by atoms with Crippen LogP contribution >= 0.6 is 11.6 Å². The number of rotatable bonds is 4. The van der Waals surface area contributed by atoms with Crippen molar-refractivity contribution >= 4 is 23.2 Å². The van der Waals surface area contributed by atoms with Crippen LogP contribution in [0.2, 0.25) is 5.02 Å². The fourth-order valence-corrected chi connectivity index (χ4v) is 1.47. The second-order valence-electron chi connectivity index (χ2n) is 4.17. The molecule has 0 bridgehead atoms. The SMILES string of the molecule is CC(C)CCNC(=O)c1cc(Cl)ccc1N. The lowest BCUT2D eigenvalue weighted by Gasteiger charge is -2.09. The fourth-order valence-electron chi connectivity index (χ4n) is 1.29. The summed E-state index contributed by atoms with van der Waals surface area (Å²) in [5.41, 5.74) is 6.59. The summed E-state index contributed by atoms with van der Waals surface area (Å²) in [5.74, 6) is 0.401. The molecule has 0 aliphatic carbocycles. The van der Waals surface area contributed by atoms with Gasteiger partial charge in [-0.15, -0.1) is 0 Å². The van der Waals surface area contributed by atoms with Crippen LogP contribution in [0.4, 0.5) is 5.69 Å². The van der Waals surface area contributed by atoms with Crippen molar-refractivity contribution in [1.29, 1.82) is 0 Å². The highest BCUT2D eigenvalue weighted by atomic mass is 35.5. The first-order valence-electron chi connectivity index (χ1n) is 5.34. The van der Waals surface area contributed by atoms with E-state index in [0.29, 0.717) is 28.7 Å². The molecule has 0 spiro atoms. The highest BCUT2D eigenvalue weighted by Gasteiger charge is 2.09. The van der Waals surface area contributed by atoms with Crippen molar-refractivity contribution in [2.75, 3.05) is 12.3 Å². The summed E-state index contributed by atoms with van der Waals surface area (Å²) in [6, 6.07) is 4.89. The summed E-state index contributed by atoms with van der Waals surface area (Å²) in [7, 11) is 0. The molecule has 0 unspecified atom stereocenters. The summed E-state index contributed by atoms with van der Waals surface area (Å²) in [4.78, 5) is 11.7. The van der Waals surface area contributed by atoms with Crippen molar-refractivity contribution < 1.29 is 4.79 Å². The molecular formula is C12H17ClN2O. The number of hydrogen-bond acceptors (Lipinski definition) is 2. The zero-order valence-corrected chi connectivity index (χ0v) is 10.3. The van der Waals surface area contributed by atoms with E-state index in [1.807, 2.05) is 0 Å². The van der Waals surface area contributed by atoms with Crippen molar-refractivity contribution in [3.63, 3.8) is 0 Å². The molecule has 16 heavy (non-hydrogen) atoms. The number of nitrogens with one attached hydrogen (secondary N) is 1. The largest absolute Gasteiger partial charge is 0.398 e. The molecule has 0 aliphatic heterocycles. The molecule has 88 valence electrons. The van der Waals surface area contributed by atoms with Crippen LogP contribution in [0.15, 0.2) is 18.2 Å². The summed E-state index contributed by atoms with van der Waals surface area (Å²) < 4.78 is 0. The van der Waals surface area contributed by atoms with E-state index >= 15 is 0 Å². The molecule has 0 aliphatic rings. The van der Waals surface area contributed by atoms with Gasteiger partial charge in [0.2, 0.25) is 0 Å². The quantitative estimate of drug-likeness (QED) is 0.795. The van der Waals surface area contributed by atoms with Crippen LogP contribution in [0.5, 0.6) is 0 Å². The van der Waals surface area contributed by atoms with Crippen molar-refractivity contribution in [2.45, 2.75) is 20.3 Å². The van der Waals surface area contributed by atoms with Crippen LogP contribution in [0.3, 0.4) is 0 Å². The Hall–Kier alpha value is -1.22. The van der Waals surface area contributed by atoms with E-state index in [1.54, 1.807) is 18.2 Å². The van der Waals surface area contributed by atoms with Crippen molar-refractivity contribution in [1.82, 2.24) is 5.32 Å². The number of carbonyl (C=O) groups is 1. The van der Waals surface area contributed by atoms with E-state index in [9.17, 15) is 4.79 Å². The van der Waals surface area contributed by atoms with E-state index in [1.165, 1.54) is 0 Å². The molecule has 0 saturated carbocycles. The topological polar surface area (TPSA) is 55.1 Å². The molecular weight excluding hydrogens is 224 g/mol. The third-order valence-electron chi connectivity index (χ3n) is 2.27. The second kappa shape index (κ2) is 5.75. The minimum absolute atomic E-state index is 0.166. The highest BCUT2D eigenvalue weighted by molar-refractivity contribution is 6.31. The Labute approximate surface area is 101 Å². The number of nitrogens with two attached hydrogens (primary N) is 1. The first-order valence-corrected chi connectivity index (χ1v) is 5.71. The maximum Gasteiger partial charge on any atom is 0.253 e. The first kappa shape index (κ1) is 12.8. The van der Waals surface area contributed by atoms with Gasteiger partial charge in [0, 0.05) is 17.3 Å². The lowest BCUT2D eigenvalue weighted by atomic mass is 10.1. The standard InChI is InChI=1S/C12H17ClN2O/c1-8(2)5-6-15-12(16)10-7-9(13)3-4-11(10)14/h3-4,7-8H,5-6,14H2,1-2H3,(H,15,16). The molecule has 4 heteroatoms. The predicted octanol–water partition coefficient (Wildman–Crippen LogP) is 2.70. The number of hydrogen-bond donors (Lipinski definition) is 2. The maximum absolute atomic E-state index is 11.7. The van der Waals surface area contributed by atoms with Crippen LogP contribution < -0.4 is 11.1 Å². The molecule has 0 atom stereocenters. The fraction of sp³-hybridized carbons (Fsp3) is 0.417. The normalized spacial score (nSPS) is 10.5. The predicted molar refractivity (Wildman–Crippen MR) is 67.7 cm³/mol. The number of nitrogen functional groups attached to an aromatic ring is 1. The molecule has 1 rings (SSSR count). The summed E-state index contributed by atoms with van der Waals surface area (Å²) in [6.07, 6.45) is 0.951. The molecule has 3 nitrogen and oxygen atoms in total. The summed E-state index contributed by atoms with van der Waals surface area (Å²) in [5, 5.41) is 3.34. The van der Waals surface area contributed by atoms with Gasteiger partial charge >= 0.3 is 0 Å². The lowest BCUT2D eigenvalue weighted by Crippen LogP contribution is -2.26. The summed E-state index contributed by atoms with van der Waals surface area (Å²) >= 11 is 5.81. The van der Waals surface area contributed by atoms with Gasteiger partial charge in [0.15, 0.2) is 0 Å².